The van der Waals surface area contributed by atoms with Crippen LogP contribution in [0.3, 0.4) is 0 Å². The molecule has 2 atom stereocenters. The molecule has 0 radical (unpaired) electrons. The summed E-state index contributed by atoms with van der Waals surface area (Å²) in [4.78, 5) is 37.8. The summed E-state index contributed by atoms with van der Waals surface area (Å²) in [5.41, 5.74) is 0. The van der Waals surface area contributed by atoms with Crippen molar-refractivity contribution < 1.29 is 42.9 Å². The van der Waals surface area contributed by atoms with Crippen LogP contribution in [-0.2, 0) is 33.3 Å². The minimum absolute atomic E-state index is 0.175. The standard InChI is InChI=1S/C94H175NO8/c1-6-8-10-12-14-16-18-20-22-24-26-28-30-32-34-36-38-40-42-44-46-48-50-52-54-56-58-60-62-64-66-68-70-72-74-76-78-80-82-84-91(96)101-88-90(89-102-94(93(98)99)100-87-86-95(3,4)5)103-92(97)85-83-81-79-77-75-73-71-69-67-65-63-61-59-57-55-53-51-49-47-45-43-41-39-37-35-33-31-29-27-25-23-21-19-17-15-13-11-9-7-2/h9,11,15,17,21,23-24,26-27,29,90,94H,6-8,10,12-14,16,18-20,22,25,28,30-89H2,1-5H3/p+1/b11-9-,17-15-,23-21-,26-24-,29-27-. The Bertz CT molecular complexity index is 1880. The number of hydrogen-bond acceptors (Lipinski definition) is 7. The van der Waals surface area contributed by atoms with E-state index in [0.29, 0.717) is 17.4 Å². The summed E-state index contributed by atoms with van der Waals surface area (Å²) >= 11 is 0. The van der Waals surface area contributed by atoms with Crippen LogP contribution in [0, 0.1) is 0 Å². The van der Waals surface area contributed by atoms with E-state index in [1.165, 1.54) is 372 Å². The quantitative estimate of drug-likeness (QED) is 0.0211. The molecule has 0 heterocycles. The molecule has 0 fully saturated rings. The fourth-order valence-corrected chi connectivity index (χ4v) is 13.9. The van der Waals surface area contributed by atoms with Crippen molar-refractivity contribution in [3.05, 3.63) is 60.8 Å². The van der Waals surface area contributed by atoms with E-state index < -0.39 is 18.4 Å². The zero-order valence-electron chi connectivity index (χ0n) is 69.5. The first-order valence-corrected chi connectivity index (χ1v) is 45.5. The molecule has 0 rings (SSSR count). The summed E-state index contributed by atoms with van der Waals surface area (Å²) < 4.78 is 23.1. The second-order valence-electron chi connectivity index (χ2n) is 32.2. The van der Waals surface area contributed by atoms with Crippen molar-refractivity contribution in [2.75, 3.05) is 47.5 Å². The number of likely N-dealkylation sites (N-methyl/N-ethyl adjacent to an activating group) is 1. The summed E-state index contributed by atoms with van der Waals surface area (Å²) in [6.45, 7) is 4.85. The van der Waals surface area contributed by atoms with Gasteiger partial charge in [-0.05, 0) is 77.0 Å². The van der Waals surface area contributed by atoms with Gasteiger partial charge in [-0.1, -0.05) is 434 Å². The number of carbonyl (C=O) groups is 3. The average molecular weight is 1450 g/mol. The van der Waals surface area contributed by atoms with Crippen LogP contribution in [0.2, 0.25) is 0 Å². The molecule has 0 spiro atoms. The lowest BCUT2D eigenvalue weighted by atomic mass is 10.0. The van der Waals surface area contributed by atoms with Crippen LogP contribution in [0.4, 0.5) is 0 Å². The van der Waals surface area contributed by atoms with Gasteiger partial charge in [0.2, 0.25) is 0 Å². The lowest BCUT2D eigenvalue weighted by Crippen LogP contribution is -2.40. The van der Waals surface area contributed by atoms with Gasteiger partial charge in [-0.15, -0.1) is 0 Å². The van der Waals surface area contributed by atoms with Crippen LogP contribution in [0.25, 0.3) is 0 Å². The Balaban J connectivity index is 3.88. The number of carboxylic acids is 1. The van der Waals surface area contributed by atoms with Crippen molar-refractivity contribution in [3.8, 4) is 0 Å². The number of esters is 2. The fraction of sp³-hybridized carbons (Fsp3) is 0.862. The molecule has 0 bridgehead atoms. The molecule has 2 unspecified atom stereocenters. The third-order valence-electron chi connectivity index (χ3n) is 20.8. The van der Waals surface area contributed by atoms with Crippen LogP contribution in [0.15, 0.2) is 60.8 Å². The van der Waals surface area contributed by atoms with Crippen LogP contribution < -0.4 is 0 Å². The average Bonchev–Trinajstić information content (AvgIpc) is 0.985. The molecular formula is C94H176NO8+. The van der Waals surface area contributed by atoms with Crippen LogP contribution in [0.5, 0.6) is 0 Å². The number of nitrogens with zero attached hydrogens (tertiary/aromatic N) is 1. The summed E-state index contributed by atoms with van der Waals surface area (Å²) in [6, 6.07) is 0. The predicted molar refractivity (Wildman–Crippen MR) is 447 cm³/mol. The van der Waals surface area contributed by atoms with Gasteiger partial charge in [0.1, 0.15) is 13.2 Å². The normalized spacial score (nSPS) is 12.8. The molecule has 0 saturated heterocycles. The maximum absolute atomic E-state index is 13.0. The highest BCUT2D eigenvalue weighted by molar-refractivity contribution is 5.71. The molecule has 604 valence electrons. The second-order valence-corrected chi connectivity index (χ2v) is 32.2. The molecule has 9 heteroatoms. The molecule has 0 aromatic carbocycles. The van der Waals surface area contributed by atoms with Crippen LogP contribution in [0.1, 0.15) is 463 Å². The van der Waals surface area contributed by atoms with Crippen molar-refractivity contribution in [1.82, 2.24) is 0 Å². The first-order chi connectivity index (χ1) is 50.6. The van der Waals surface area contributed by atoms with Gasteiger partial charge < -0.3 is 28.5 Å². The zero-order chi connectivity index (χ0) is 74.6. The lowest BCUT2D eigenvalue weighted by molar-refractivity contribution is -0.870. The Morgan fingerprint density at radius 1 is 0.301 bits per heavy atom. The van der Waals surface area contributed by atoms with Gasteiger partial charge in [-0.25, -0.2) is 4.79 Å². The minimum atomic E-state index is -1.51. The van der Waals surface area contributed by atoms with Crippen molar-refractivity contribution in [2.24, 2.45) is 0 Å². The number of hydrogen-bond donors (Lipinski definition) is 1. The lowest BCUT2D eigenvalue weighted by Gasteiger charge is -2.25. The van der Waals surface area contributed by atoms with Crippen molar-refractivity contribution >= 4 is 17.9 Å². The van der Waals surface area contributed by atoms with Gasteiger partial charge >= 0.3 is 17.9 Å². The molecular weight excluding hydrogens is 1270 g/mol. The third kappa shape index (κ3) is 86.1. The van der Waals surface area contributed by atoms with Crippen LogP contribution in [-0.4, -0.2) is 87.4 Å². The van der Waals surface area contributed by atoms with E-state index in [2.05, 4.69) is 74.6 Å². The van der Waals surface area contributed by atoms with E-state index in [-0.39, 0.29) is 38.2 Å². The maximum Gasteiger partial charge on any atom is 0.361 e. The van der Waals surface area contributed by atoms with E-state index in [1.807, 2.05) is 21.1 Å². The smallest absolute Gasteiger partial charge is 0.361 e. The summed E-state index contributed by atoms with van der Waals surface area (Å²) in [5.74, 6) is -1.97. The first kappa shape index (κ1) is 100.0. The predicted octanol–water partition coefficient (Wildman–Crippen LogP) is 29.7. The number of unbranched alkanes of at least 4 members (excludes halogenated alkanes) is 61. The highest BCUT2D eigenvalue weighted by Gasteiger charge is 2.25. The van der Waals surface area contributed by atoms with Gasteiger partial charge in [0.15, 0.2) is 6.10 Å². The summed E-state index contributed by atoms with van der Waals surface area (Å²) in [5, 5.41) is 9.80. The Morgan fingerprint density at radius 3 is 0.835 bits per heavy atom. The fourth-order valence-electron chi connectivity index (χ4n) is 13.9. The number of quaternary nitrogens is 1. The summed E-state index contributed by atoms with van der Waals surface area (Å²) in [7, 11) is 6.01. The van der Waals surface area contributed by atoms with Crippen molar-refractivity contribution in [2.45, 2.75) is 476 Å². The highest BCUT2D eigenvalue weighted by atomic mass is 16.7. The number of carbonyl (C=O) groups excluding carboxylic acids is 2. The maximum atomic E-state index is 13.0. The van der Waals surface area contributed by atoms with E-state index in [4.69, 9.17) is 18.9 Å². The molecule has 0 aliphatic heterocycles. The Labute approximate surface area is 641 Å². The number of carboxylic acid groups (broad SMARTS) is 1. The molecule has 1 N–H and O–H groups in total. The van der Waals surface area contributed by atoms with Crippen LogP contribution >= 0.6 is 0 Å². The molecule has 0 amide bonds. The van der Waals surface area contributed by atoms with Gasteiger partial charge in [0.25, 0.3) is 6.29 Å². The molecule has 0 aromatic rings. The van der Waals surface area contributed by atoms with E-state index >= 15 is 0 Å². The highest BCUT2D eigenvalue weighted by Crippen LogP contribution is 2.21. The number of allylic oxidation sites excluding steroid dienone is 10. The molecule has 0 saturated carbocycles. The zero-order valence-corrected chi connectivity index (χ0v) is 69.5. The molecule has 103 heavy (non-hydrogen) atoms. The Morgan fingerprint density at radius 2 is 0.553 bits per heavy atom. The van der Waals surface area contributed by atoms with Gasteiger partial charge in [-0.3, -0.25) is 9.59 Å². The third-order valence-corrected chi connectivity index (χ3v) is 20.8. The largest absolute Gasteiger partial charge is 0.477 e. The topological polar surface area (TPSA) is 108 Å². The van der Waals surface area contributed by atoms with Gasteiger partial charge in [-0.2, -0.15) is 0 Å². The molecule has 0 aromatic heterocycles. The Kier molecular flexibility index (Phi) is 82.1. The van der Waals surface area contributed by atoms with Gasteiger partial charge in [0, 0.05) is 12.8 Å². The van der Waals surface area contributed by atoms with E-state index in [1.54, 1.807) is 0 Å². The van der Waals surface area contributed by atoms with E-state index in [0.717, 1.165) is 64.2 Å². The second kappa shape index (κ2) is 84.6. The molecule has 9 nitrogen and oxygen atoms in total. The summed E-state index contributed by atoms with van der Waals surface area (Å²) in [6.07, 6.45) is 112. The number of aliphatic carboxylic acids is 1. The molecule has 0 aliphatic rings. The minimum Gasteiger partial charge on any atom is -0.477 e. The van der Waals surface area contributed by atoms with Crippen molar-refractivity contribution in [3.63, 3.8) is 0 Å². The monoisotopic (exact) mass is 1450 g/mol. The number of rotatable bonds is 86. The first-order valence-electron chi connectivity index (χ1n) is 45.5. The molecule has 0 aliphatic carbocycles. The SMILES string of the molecule is CC/C=C\C/C=C\C/C=C\C/C=C\CCCCCCCCCCCCCCCCCCCCCCCCCCCCC(=O)OC(COC(=O)CCCCCCCCCCCCCCCCCCCCCCCCCCCCC/C=C\CCCCCCCCCC)COC(OCC[N+](C)(C)C)C(=O)O. The Hall–Kier alpha value is -3.01. The number of ether oxygens (including phenoxy) is 4. The van der Waals surface area contributed by atoms with Crippen molar-refractivity contribution in [1.29, 1.82) is 0 Å². The van der Waals surface area contributed by atoms with E-state index in [9.17, 15) is 19.5 Å². The van der Waals surface area contributed by atoms with Gasteiger partial charge in [0.05, 0.1) is 34.4 Å².